The van der Waals surface area contributed by atoms with E-state index >= 15 is 0 Å². The normalized spacial score (nSPS) is 20.4. The highest BCUT2D eigenvalue weighted by atomic mass is 16.5. The van der Waals surface area contributed by atoms with E-state index in [9.17, 15) is 9.59 Å². The Morgan fingerprint density at radius 1 is 1.40 bits per heavy atom. The molecule has 1 amide bonds. The van der Waals surface area contributed by atoms with E-state index in [0.29, 0.717) is 19.6 Å². The van der Waals surface area contributed by atoms with E-state index in [-0.39, 0.29) is 18.4 Å². The van der Waals surface area contributed by atoms with Gasteiger partial charge in [0.1, 0.15) is 0 Å². The van der Waals surface area contributed by atoms with Gasteiger partial charge in [-0.15, -0.1) is 0 Å². The fourth-order valence-corrected chi connectivity index (χ4v) is 2.39. The monoisotopic (exact) mass is 277 g/mol. The van der Waals surface area contributed by atoms with Crippen molar-refractivity contribution in [3.63, 3.8) is 0 Å². The van der Waals surface area contributed by atoms with Crippen molar-refractivity contribution in [3.8, 4) is 0 Å². The maximum atomic E-state index is 12.3. The number of amides is 1. The van der Waals surface area contributed by atoms with Gasteiger partial charge in [0.05, 0.1) is 13.2 Å². The molecule has 1 saturated heterocycles. The summed E-state index contributed by atoms with van der Waals surface area (Å²) in [6.07, 6.45) is 0.313. The highest BCUT2D eigenvalue weighted by molar-refractivity contribution is 5.84. The summed E-state index contributed by atoms with van der Waals surface area (Å²) < 4.78 is 5.14. The smallest absolute Gasteiger partial charge is 0.328 e. The van der Waals surface area contributed by atoms with Gasteiger partial charge in [-0.2, -0.15) is 0 Å². The van der Waals surface area contributed by atoms with Crippen LogP contribution in [0, 0.1) is 0 Å². The third-order valence-corrected chi connectivity index (χ3v) is 3.58. The molecule has 1 aliphatic rings. The van der Waals surface area contributed by atoms with Gasteiger partial charge >= 0.3 is 5.97 Å². The Hall–Kier alpha value is -1.88. The Morgan fingerprint density at radius 2 is 2.10 bits per heavy atom. The number of benzene rings is 1. The lowest BCUT2D eigenvalue weighted by molar-refractivity contribution is -0.158. The minimum atomic E-state index is -1.01. The number of carboxylic acid groups (broad SMARTS) is 1. The van der Waals surface area contributed by atoms with E-state index < -0.39 is 12.0 Å². The van der Waals surface area contributed by atoms with Crippen LogP contribution in [-0.4, -0.2) is 47.7 Å². The molecule has 1 fully saturated rings. The van der Waals surface area contributed by atoms with Gasteiger partial charge < -0.3 is 14.7 Å². The molecule has 0 radical (unpaired) electrons. The number of rotatable bonds is 4. The first-order valence-electron chi connectivity index (χ1n) is 6.74. The number of ether oxygens (including phenoxy) is 1. The minimum absolute atomic E-state index is 0.0702. The molecule has 0 saturated carbocycles. The molecule has 20 heavy (non-hydrogen) atoms. The van der Waals surface area contributed by atoms with E-state index in [1.165, 1.54) is 4.90 Å². The van der Waals surface area contributed by atoms with E-state index in [0.717, 1.165) is 5.56 Å². The molecule has 0 aliphatic carbocycles. The van der Waals surface area contributed by atoms with Crippen molar-refractivity contribution in [2.45, 2.75) is 25.3 Å². The van der Waals surface area contributed by atoms with Crippen molar-refractivity contribution in [2.75, 3.05) is 19.8 Å². The summed E-state index contributed by atoms with van der Waals surface area (Å²) in [6, 6.07) is 8.90. The number of hydrogen-bond donors (Lipinski definition) is 1. The predicted molar refractivity (Wildman–Crippen MR) is 73.4 cm³/mol. The zero-order valence-corrected chi connectivity index (χ0v) is 11.5. The van der Waals surface area contributed by atoms with Crippen LogP contribution in [0.2, 0.25) is 0 Å². The molecule has 108 valence electrons. The lowest BCUT2D eigenvalue weighted by atomic mass is 9.97. The van der Waals surface area contributed by atoms with E-state index in [1.807, 2.05) is 37.3 Å². The Morgan fingerprint density at radius 3 is 2.75 bits per heavy atom. The average molecular weight is 277 g/mol. The molecule has 0 aromatic heterocycles. The van der Waals surface area contributed by atoms with Crippen molar-refractivity contribution in [1.82, 2.24) is 4.90 Å². The Kier molecular flexibility index (Phi) is 4.74. The maximum absolute atomic E-state index is 12.3. The van der Waals surface area contributed by atoms with Crippen molar-refractivity contribution >= 4 is 11.9 Å². The minimum Gasteiger partial charge on any atom is -0.480 e. The number of carbonyl (C=O) groups excluding carboxylic acids is 1. The summed E-state index contributed by atoms with van der Waals surface area (Å²) in [6.45, 7) is 2.79. The fraction of sp³-hybridized carbons (Fsp3) is 0.467. The van der Waals surface area contributed by atoms with Crippen LogP contribution in [0.1, 0.15) is 24.8 Å². The Labute approximate surface area is 118 Å². The van der Waals surface area contributed by atoms with Crippen LogP contribution in [0.3, 0.4) is 0 Å². The molecule has 1 aliphatic heterocycles. The molecule has 5 heteroatoms. The largest absolute Gasteiger partial charge is 0.480 e. The topological polar surface area (TPSA) is 66.8 Å². The van der Waals surface area contributed by atoms with Gasteiger partial charge in [0, 0.05) is 13.0 Å². The molecular weight excluding hydrogens is 258 g/mol. The molecule has 2 rings (SSSR count). The van der Waals surface area contributed by atoms with Gasteiger partial charge in [0.2, 0.25) is 5.91 Å². The molecule has 1 heterocycles. The SMILES string of the molecule is C[C@@H](CC(=O)N1CCOC[C@@H]1C(=O)O)c1ccccc1. The molecule has 0 unspecified atom stereocenters. The van der Waals surface area contributed by atoms with E-state index in [2.05, 4.69) is 0 Å². The first-order valence-corrected chi connectivity index (χ1v) is 6.74. The standard InChI is InChI=1S/C15H19NO4/c1-11(12-5-3-2-4-6-12)9-14(17)16-7-8-20-10-13(16)15(18)19/h2-6,11,13H,7-10H2,1H3,(H,18,19)/t11-,13+/m0/s1. The van der Waals surface area contributed by atoms with Gasteiger partial charge in [-0.1, -0.05) is 37.3 Å². The summed E-state index contributed by atoms with van der Waals surface area (Å²) >= 11 is 0. The lowest BCUT2D eigenvalue weighted by Gasteiger charge is -2.33. The number of aliphatic carboxylic acids is 1. The van der Waals surface area contributed by atoms with Crippen molar-refractivity contribution in [3.05, 3.63) is 35.9 Å². The second-order valence-electron chi connectivity index (χ2n) is 5.03. The maximum Gasteiger partial charge on any atom is 0.328 e. The molecule has 1 aromatic rings. The number of carbonyl (C=O) groups is 2. The van der Waals surface area contributed by atoms with Crippen molar-refractivity contribution < 1.29 is 19.4 Å². The second kappa shape index (κ2) is 6.52. The van der Waals surface area contributed by atoms with Crippen LogP contribution >= 0.6 is 0 Å². The van der Waals surface area contributed by atoms with Crippen molar-refractivity contribution in [1.29, 1.82) is 0 Å². The number of hydrogen-bond acceptors (Lipinski definition) is 3. The molecule has 2 atom stereocenters. The van der Waals surface area contributed by atoms with Crippen LogP contribution < -0.4 is 0 Å². The molecule has 1 aromatic carbocycles. The molecule has 1 N–H and O–H groups in total. The Balaban J connectivity index is 2.01. The zero-order chi connectivity index (χ0) is 14.5. The number of nitrogens with zero attached hydrogens (tertiary/aromatic N) is 1. The molecule has 0 bridgehead atoms. The van der Waals surface area contributed by atoms with Crippen LogP contribution in [0.25, 0.3) is 0 Å². The summed E-state index contributed by atoms with van der Waals surface area (Å²) in [5.41, 5.74) is 1.08. The second-order valence-corrected chi connectivity index (χ2v) is 5.03. The highest BCUT2D eigenvalue weighted by Crippen LogP contribution is 2.21. The first-order chi connectivity index (χ1) is 9.59. The third kappa shape index (κ3) is 3.36. The molecule has 5 nitrogen and oxygen atoms in total. The molecule has 0 spiro atoms. The third-order valence-electron chi connectivity index (χ3n) is 3.58. The quantitative estimate of drug-likeness (QED) is 0.905. The van der Waals surface area contributed by atoms with E-state index in [1.54, 1.807) is 0 Å². The summed E-state index contributed by atoms with van der Waals surface area (Å²) in [5, 5.41) is 9.13. The summed E-state index contributed by atoms with van der Waals surface area (Å²) in [5.74, 6) is -1.07. The van der Waals surface area contributed by atoms with Crippen LogP contribution in [0.5, 0.6) is 0 Å². The van der Waals surface area contributed by atoms with Gasteiger partial charge in [-0.3, -0.25) is 4.79 Å². The van der Waals surface area contributed by atoms with Gasteiger partial charge in [-0.25, -0.2) is 4.79 Å². The lowest BCUT2D eigenvalue weighted by Crippen LogP contribution is -2.52. The highest BCUT2D eigenvalue weighted by Gasteiger charge is 2.33. The first kappa shape index (κ1) is 14.5. The Bertz CT molecular complexity index is 474. The number of morpholine rings is 1. The van der Waals surface area contributed by atoms with Crippen molar-refractivity contribution in [2.24, 2.45) is 0 Å². The fourth-order valence-electron chi connectivity index (χ4n) is 2.39. The van der Waals surface area contributed by atoms with Crippen LogP contribution in [0.15, 0.2) is 30.3 Å². The summed E-state index contributed by atoms with van der Waals surface area (Å²) in [7, 11) is 0. The van der Waals surface area contributed by atoms with E-state index in [4.69, 9.17) is 9.84 Å². The summed E-state index contributed by atoms with van der Waals surface area (Å²) in [4.78, 5) is 24.9. The van der Waals surface area contributed by atoms with Gasteiger partial charge in [0.15, 0.2) is 6.04 Å². The number of carboxylic acids is 1. The average Bonchev–Trinajstić information content (AvgIpc) is 2.48. The van der Waals surface area contributed by atoms with Crippen LogP contribution in [-0.2, 0) is 14.3 Å². The predicted octanol–water partition coefficient (Wildman–Crippen LogP) is 1.49. The van der Waals surface area contributed by atoms with Gasteiger partial charge in [0.25, 0.3) is 0 Å². The molecular formula is C15H19NO4. The van der Waals surface area contributed by atoms with Gasteiger partial charge in [-0.05, 0) is 11.5 Å². The zero-order valence-electron chi connectivity index (χ0n) is 11.5. The van der Waals surface area contributed by atoms with Crippen LogP contribution in [0.4, 0.5) is 0 Å².